The standard InChI is InChI=1S/C23H21N5O4S/c1-25-17-8-6-15(7-9-17)12-20(29)27-10-11-28-19(14-27)21(23(24)30)22(26-28)16-4-3-5-18(13-16)33(2,31)32/h3-9,13H,10-12,14H2,2H3,(H2,24,30). The molecule has 1 aliphatic heterocycles. The zero-order valence-corrected chi connectivity index (χ0v) is 18.7. The Balaban J connectivity index is 1.64. The zero-order chi connectivity index (χ0) is 23.8. The summed E-state index contributed by atoms with van der Waals surface area (Å²) < 4.78 is 25.6. The van der Waals surface area contributed by atoms with Crippen LogP contribution < -0.4 is 5.73 Å². The lowest BCUT2D eigenvalue weighted by Gasteiger charge is -2.28. The number of fused-ring (bicyclic) bond motifs is 1. The largest absolute Gasteiger partial charge is 0.365 e. The first-order valence-electron chi connectivity index (χ1n) is 10.1. The molecule has 0 fully saturated rings. The molecule has 0 saturated carbocycles. The summed E-state index contributed by atoms with van der Waals surface area (Å²) in [7, 11) is -3.44. The van der Waals surface area contributed by atoms with Gasteiger partial charge in [-0.3, -0.25) is 14.3 Å². The van der Waals surface area contributed by atoms with Gasteiger partial charge in [0.1, 0.15) is 5.69 Å². The summed E-state index contributed by atoms with van der Waals surface area (Å²) in [4.78, 5) is 30.4. The molecule has 3 aromatic rings. The number of aromatic nitrogens is 2. The van der Waals surface area contributed by atoms with Gasteiger partial charge < -0.3 is 10.6 Å². The smallest absolute Gasteiger partial charge is 0.252 e. The van der Waals surface area contributed by atoms with Crippen molar-refractivity contribution in [1.82, 2.24) is 14.7 Å². The molecule has 0 aliphatic carbocycles. The topological polar surface area (TPSA) is 120 Å². The third-order valence-corrected chi connectivity index (χ3v) is 6.65. The monoisotopic (exact) mass is 463 g/mol. The summed E-state index contributed by atoms with van der Waals surface area (Å²) in [6.07, 6.45) is 1.28. The summed E-state index contributed by atoms with van der Waals surface area (Å²) >= 11 is 0. The van der Waals surface area contributed by atoms with Crippen LogP contribution in [0.4, 0.5) is 5.69 Å². The van der Waals surface area contributed by atoms with E-state index < -0.39 is 15.7 Å². The Bertz CT molecular complexity index is 1400. The Labute approximate surface area is 191 Å². The van der Waals surface area contributed by atoms with Crippen LogP contribution in [0, 0.1) is 6.57 Å². The quantitative estimate of drug-likeness (QED) is 0.582. The Morgan fingerprint density at radius 2 is 1.88 bits per heavy atom. The molecule has 0 saturated heterocycles. The van der Waals surface area contributed by atoms with Crippen LogP contribution in [0.5, 0.6) is 0 Å². The van der Waals surface area contributed by atoms with E-state index >= 15 is 0 Å². The number of carbonyl (C=O) groups excluding carboxylic acids is 2. The van der Waals surface area contributed by atoms with Gasteiger partial charge in [-0.1, -0.05) is 36.4 Å². The predicted octanol–water partition coefficient (Wildman–Crippen LogP) is 2.19. The van der Waals surface area contributed by atoms with Crippen LogP contribution in [-0.2, 0) is 34.1 Å². The van der Waals surface area contributed by atoms with E-state index in [1.807, 2.05) is 0 Å². The molecular weight excluding hydrogens is 442 g/mol. The molecule has 4 rings (SSSR count). The first-order valence-corrected chi connectivity index (χ1v) is 12.0. The minimum absolute atomic E-state index is 0.113. The average Bonchev–Trinajstić information content (AvgIpc) is 3.18. The van der Waals surface area contributed by atoms with Crippen molar-refractivity contribution in [3.05, 3.63) is 76.8 Å². The number of primary amides is 1. The minimum Gasteiger partial charge on any atom is -0.365 e. The number of amides is 2. The highest BCUT2D eigenvalue weighted by Crippen LogP contribution is 2.30. The second-order valence-corrected chi connectivity index (χ2v) is 9.84. The highest BCUT2D eigenvalue weighted by atomic mass is 32.2. The minimum atomic E-state index is -3.44. The van der Waals surface area contributed by atoms with Gasteiger partial charge in [-0.2, -0.15) is 5.10 Å². The van der Waals surface area contributed by atoms with Gasteiger partial charge in [0.25, 0.3) is 5.91 Å². The molecule has 1 aromatic heterocycles. The van der Waals surface area contributed by atoms with Crippen molar-refractivity contribution in [2.24, 2.45) is 5.73 Å². The van der Waals surface area contributed by atoms with Crippen LogP contribution in [0.1, 0.15) is 21.6 Å². The summed E-state index contributed by atoms with van der Waals surface area (Å²) in [6, 6.07) is 13.0. The summed E-state index contributed by atoms with van der Waals surface area (Å²) in [5, 5.41) is 4.52. The van der Waals surface area contributed by atoms with Gasteiger partial charge in [-0.05, 0) is 17.7 Å². The normalized spacial score (nSPS) is 13.3. The fourth-order valence-corrected chi connectivity index (χ4v) is 4.51. The molecule has 0 unspecified atom stereocenters. The fraction of sp³-hybridized carbons (Fsp3) is 0.217. The second kappa shape index (κ2) is 8.52. The van der Waals surface area contributed by atoms with Gasteiger partial charge in [-0.25, -0.2) is 13.3 Å². The van der Waals surface area contributed by atoms with E-state index in [9.17, 15) is 18.0 Å². The maximum absolute atomic E-state index is 12.9. The number of carbonyl (C=O) groups is 2. The first-order chi connectivity index (χ1) is 15.7. The Morgan fingerprint density at radius 3 is 2.52 bits per heavy atom. The summed E-state index contributed by atoms with van der Waals surface area (Å²) in [6.45, 7) is 7.97. The van der Waals surface area contributed by atoms with E-state index in [0.29, 0.717) is 35.7 Å². The number of benzene rings is 2. The predicted molar refractivity (Wildman–Crippen MR) is 121 cm³/mol. The van der Waals surface area contributed by atoms with E-state index in [0.717, 1.165) is 11.8 Å². The van der Waals surface area contributed by atoms with Gasteiger partial charge in [0.2, 0.25) is 5.91 Å². The molecule has 2 N–H and O–H groups in total. The Morgan fingerprint density at radius 1 is 1.15 bits per heavy atom. The van der Waals surface area contributed by atoms with Crippen molar-refractivity contribution in [1.29, 1.82) is 0 Å². The van der Waals surface area contributed by atoms with Gasteiger partial charge in [0.05, 0.1) is 42.2 Å². The number of nitrogens with zero attached hydrogens (tertiary/aromatic N) is 4. The van der Waals surface area contributed by atoms with Crippen LogP contribution in [0.2, 0.25) is 0 Å². The molecule has 1 aliphatic rings. The number of sulfone groups is 1. The van der Waals surface area contributed by atoms with Crippen LogP contribution in [-0.4, -0.2) is 47.7 Å². The number of hydrogen-bond donors (Lipinski definition) is 1. The second-order valence-electron chi connectivity index (χ2n) is 7.83. The molecule has 33 heavy (non-hydrogen) atoms. The lowest BCUT2D eigenvalue weighted by atomic mass is 10.0. The van der Waals surface area contributed by atoms with Crippen molar-refractivity contribution < 1.29 is 18.0 Å². The SMILES string of the molecule is [C-]#[N+]c1ccc(CC(=O)N2CCn3nc(-c4cccc(S(C)(=O)=O)c4)c(C(N)=O)c3C2)cc1. The highest BCUT2D eigenvalue weighted by molar-refractivity contribution is 7.90. The molecule has 0 bridgehead atoms. The van der Waals surface area contributed by atoms with Gasteiger partial charge >= 0.3 is 0 Å². The molecule has 9 nitrogen and oxygen atoms in total. The van der Waals surface area contributed by atoms with Crippen LogP contribution in [0.25, 0.3) is 16.1 Å². The van der Waals surface area contributed by atoms with Crippen LogP contribution >= 0.6 is 0 Å². The Hall–Kier alpha value is -3.97. The molecule has 0 radical (unpaired) electrons. The molecule has 2 heterocycles. The molecule has 10 heteroatoms. The third-order valence-electron chi connectivity index (χ3n) is 5.54. The van der Waals surface area contributed by atoms with Gasteiger partial charge in [0.15, 0.2) is 15.5 Å². The van der Waals surface area contributed by atoms with E-state index in [-0.39, 0.29) is 29.3 Å². The number of rotatable bonds is 5. The fourth-order valence-electron chi connectivity index (χ4n) is 3.84. The lowest BCUT2D eigenvalue weighted by Crippen LogP contribution is -2.40. The molecule has 2 aromatic carbocycles. The lowest BCUT2D eigenvalue weighted by molar-refractivity contribution is -0.132. The van der Waals surface area contributed by atoms with Crippen molar-refractivity contribution in [2.45, 2.75) is 24.4 Å². The maximum Gasteiger partial charge on any atom is 0.252 e. The van der Waals surface area contributed by atoms with Gasteiger partial charge in [0, 0.05) is 18.4 Å². The van der Waals surface area contributed by atoms with E-state index in [1.165, 1.54) is 12.1 Å². The average molecular weight is 464 g/mol. The van der Waals surface area contributed by atoms with Crippen molar-refractivity contribution in [3.8, 4) is 11.3 Å². The number of nitrogens with two attached hydrogens (primary N) is 1. The summed E-state index contributed by atoms with van der Waals surface area (Å²) in [5.74, 6) is -0.811. The van der Waals surface area contributed by atoms with E-state index in [4.69, 9.17) is 12.3 Å². The molecule has 2 amide bonds. The molecular formula is C23H21N5O4S. The van der Waals surface area contributed by atoms with Crippen LogP contribution in [0.15, 0.2) is 53.4 Å². The van der Waals surface area contributed by atoms with Crippen LogP contribution in [0.3, 0.4) is 0 Å². The van der Waals surface area contributed by atoms with Crippen molar-refractivity contribution in [2.75, 3.05) is 12.8 Å². The highest BCUT2D eigenvalue weighted by Gasteiger charge is 2.29. The molecule has 0 spiro atoms. The third kappa shape index (κ3) is 4.49. The maximum atomic E-state index is 12.9. The Kier molecular flexibility index (Phi) is 5.74. The van der Waals surface area contributed by atoms with Crippen molar-refractivity contribution in [3.63, 3.8) is 0 Å². The van der Waals surface area contributed by atoms with Gasteiger partial charge in [-0.15, -0.1) is 0 Å². The van der Waals surface area contributed by atoms with E-state index in [2.05, 4.69) is 9.94 Å². The summed E-state index contributed by atoms with van der Waals surface area (Å²) in [5.41, 5.74) is 8.44. The number of hydrogen-bond acceptors (Lipinski definition) is 5. The molecule has 168 valence electrons. The first kappa shape index (κ1) is 22.2. The zero-order valence-electron chi connectivity index (χ0n) is 17.9. The van der Waals surface area contributed by atoms with Crippen molar-refractivity contribution >= 4 is 27.3 Å². The van der Waals surface area contributed by atoms with E-state index in [1.54, 1.807) is 46.0 Å². The molecule has 0 atom stereocenters.